The standard InChI is InChI=1S/C16H22N2O/c1-3-17-14(12-19-4-2)11-13-9-10-18-16-8-6-5-7-15(13)16/h5-10,14,17H,3-4,11-12H2,1-2H3. The number of rotatable bonds is 7. The first kappa shape index (κ1) is 14.0. The number of likely N-dealkylation sites (N-methyl/N-ethyl adjacent to an activating group) is 1. The molecule has 3 heteroatoms. The SMILES string of the molecule is CCNC(COCC)Cc1ccnc2ccccc12. The fraction of sp³-hybridized carbons (Fsp3) is 0.438. The van der Waals surface area contributed by atoms with Crippen LogP contribution in [0.15, 0.2) is 36.5 Å². The topological polar surface area (TPSA) is 34.1 Å². The molecule has 2 rings (SSSR count). The monoisotopic (exact) mass is 258 g/mol. The van der Waals surface area contributed by atoms with Crippen LogP contribution in [-0.2, 0) is 11.2 Å². The number of para-hydroxylation sites is 1. The molecule has 2 aromatic rings. The van der Waals surface area contributed by atoms with Gasteiger partial charge in [-0.2, -0.15) is 0 Å². The Balaban J connectivity index is 2.18. The number of nitrogens with one attached hydrogen (secondary N) is 1. The molecular formula is C16H22N2O. The van der Waals surface area contributed by atoms with Gasteiger partial charge in [-0.15, -0.1) is 0 Å². The van der Waals surface area contributed by atoms with Crippen molar-refractivity contribution in [2.24, 2.45) is 0 Å². The lowest BCUT2D eigenvalue weighted by atomic mass is 10.0. The highest BCUT2D eigenvalue weighted by atomic mass is 16.5. The predicted molar refractivity (Wildman–Crippen MR) is 79.4 cm³/mol. The second kappa shape index (κ2) is 7.22. The van der Waals surface area contributed by atoms with Crippen LogP contribution in [0.1, 0.15) is 19.4 Å². The van der Waals surface area contributed by atoms with Gasteiger partial charge in [-0.05, 0) is 37.6 Å². The summed E-state index contributed by atoms with van der Waals surface area (Å²) < 4.78 is 5.55. The highest BCUT2D eigenvalue weighted by molar-refractivity contribution is 5.81. The van der Waals surface area contributed by atoms with Crippen molar-refractivity contribution >= 4 is 10.9 Å². The van der Waals surface area contributed by atoms with Gasteiger partial charge in [-0.25, -0.2) is 0 Å². The minimum Gasteiger partial charge on any atom is -0.380 e. The number of pyridine rings is 1. The van der Waals surface area contributed by atoms with Gasteiger partial charge in [0.1, 0.15) is 0 Å². The summed E-state index contributed by atoms with van der Waals surface area (Å²) in [7, 11) is 0. The lowest BCUT2D eigenvalue weighted by Gasteiger charge is -2.18. The second-order valence-electron chi connectivity index (χ2n) is 4.61. The first-order valence-electron chi connectivity index (χ1n) is 6.99. The van der Waals surface area contributed by atoms with Gasteiger partial charge < -0.3 is 10.1 Å². The molecule has 0 bridgehead atoms. The zero-order valence-corrected chi connectivity index (χ0v) is 11.7. The molecule has 0 aliphatic carbocycles. The van der Waals surface area contributed by atoms with Gasteiger partial charge in [0.05, 0.1) is 12.1 Å². The number of benzene rings is 1. The molecule has 0 spiro atoms. The Morgan fingerprint density at radius 3 is 2.84 bits per heavy atom. The number of fused-ring (bicyclic) bond motifs is 1. The summed E-state index contributed by atoms with van der Waals surface area (Å²) in [6.07, 6.45) is 2.86. The summed E-state index contributed by atoms with van der Waals surface area (Å²) in [5.41, 5.74) is 2.39. The van der Waals surface area contributed by atoms with Crippen molar-refractivity contribution in [3.05, 3.63) is 42.1 Å². The maximum absolute atomic E-state index is 5.55. The van der Waals surface area contributed by atoms with Crippen molar-refractivity contribution in [2.45, 2.75) is 26.3 Å². The molecule has 0 fully saturated rings. The van der Waals surface area contributed by atoms with E-state index in [1.54, 1.807) is 0 Å². The fourth-order valence-electron chi connectivity index (χ4n) is 2.34. The Hall–Kier alpha value is -1.45. The fourth-order valence-corrected chi connectivity index (χ4v) is 2.34. The van der Waals surface area contributed by atoms with Crippen LogP contribution >= 0.6 is 0 Å². The molecule has 1 atom stereocenters. The van der Waals surface area contributed by atoms with Crippen LogP contribution < -0.4 is 5.32 Å². The van der Waals surface area contributed by atoms with E-state index in [-0.39, 0.29) is 0 Å². The zero-order chi connectivity index (χ0) is 13.5. The third kappa shape index (κ3) is 3.75. The molecule has 0 aliphatic rings. The number of ether oxygens (including phenoxy) is 1. The van der Waals surface area contributed by atoms with E-state index < -0.39 is 0 Å². The number of aromatic nitrogens is 1. The van der Waals surface area contributed by atoms with Gasteiger partial charge in [0.2, 0.25) is 0 Å². The average molecular weight is 258 g/mol. The second-order valence-corrected chi connectivity index (χ2v) is 4.61. The summed E-state index contributed by atoms with van der Waals surface area (Å²) in [6, 6.07) is 10.8. The Morgan fingerprint density at radius 2 is 2.05 bits per heavy atom. The first-order valence-corrected chi connectivity index (χ1v) is 6.99. The van der Waals surface area contributed by atoms with E-state index in [4.69, 9.17) is 4.74 Å². The summed E-state index contributed by atoms with van der Waals surface area (Å²) in [5, 5.41) is 4.73. The predicted octanol–water partition coefficient (Wildman–Crippen LogP) is 2.79. The van der Waals surface area contributed by atoms with Crippen LogP contribution in [0.4, 0.5) is 0 Å². The van der Waals surface area contributed by atoms with Crippen LogP contribution in [0.25, 0.3) is 10.9 Å². The zero-order valence-electron chi connectivity index (χ0n) is 11.7. The normalized spacial score (nSPS) is 12.7. The van der Waals surface area contributed by atoms with E-state index in [1.165, 1.54) is 10.9 Å². The molecule has 0 amide bonds. The first-order chi connectivity index (χ1) is 9.35. The molecule has 1 unspecified atom stereocenters. The summed E-state index contributed by atoms with van der Waals surface area (Å²) in [6.45, 7) is 6.63. The van der Waals surface area contributed by atoms with Crippen LogP contribution in [0.5, 0.6) is 0 Å². The molecular weight excluding hydrogens is 236 g/mol. The van der Waals surface area contributed by atoms with E-state index in [0.29, 0.717) is 6.04 Å². The highest BCUT2D eigenvalue weighted by Crippen LogP contribution is 2.17. The van der Waals surface area contributed by atoms with Crippen molar-refractivity contribution in [3.8, 4) is 0 Å². The van der Waals surface area contributed by atoms with E-state index in [2.05, 4.69) is 41.5 Å². The Bertz CT molecular complexity index is 508. The largest absolute Gasteiger partial charge is 0.380 e. The molecule has 1 aromatic heterocycles. The number of hydrogen-bond donors (Lipinski definition) is 1. The smallest absolute Gasteiger partial charge is 0.0704 e. The lowest BCUT2D eigenvalue weighted by Crippen LogP contribution is -2.35. The van der Waals surface area contributed by atoms with Gasteiger partial charge >= 0.3 is 0 Å². The molecule has 0 aliphatic heterocycles. The molecule has 1 heterocycles. The third-order valence-electron chi connectivity index (χ3n) is 3.22. The summed E-state index contributed by atoms with van der Waals surface area (Å²) in [4.78, 5) is 4.41. The van der Waals surface area contributed by atoms with Gasteiger partial charge in [0.25, 0.3) is 0 Å². The average Bonchev–Trinajstić information content (AvgIpc) is 2.45. The molecule has 19 heavy (non-hydrogen) atoms. The number of hydrogen-bond acceptors (Lipinski definition) is 3. The quantitative estimate of drug-likeness (QED) is 0.829. The van der Waals surface area contributed by atoms with Crippen molar-refractivity contribution in [3.63, 3.8) is 0 Å². The van der Waals surface area contributed by atoms with E-state index in [9.17, 15) is 0 Å². The van der Waals surface area contributed by atoms with Crippen molar-refractivity contribution < 1.29 is 4.74 Å². The molecule has 0 saturated heterocycles. The summed E-state index contributed by atoms with van der Waals surface area (Å²) in [5.74, 6) is 0. The minimum atomic E-state index is 0.357. The maximum Gasteiger partial charge on any atom is 0.0704 e. The van der Waals surface area contributed by atoms with Gasteiger partial charge in [0, 0.05) is 24.2 Å². The Morgan fingerprint density at radius 1 is 1.21 bits per heavy atom. The van der Waals surface area contributed by atoms with Gasteiger partial charge in [-0.3, -0.25) is 4.98 Å². The number of nitrogens with zero attached hydrogens (tertiary/aromatic N) is 1. The van der Waals surface area contributed by atoms with Crippen LogP contribution in [0.3, 0.4) is 0 Å². The van der Waals surface area contributed by atoms with Crippen LogP contribution in [-0.4, -0.2) is 30.8 Å². The summed E-state index contributed by atoms with van der Waals surface area (Å²) >= 11 is 0. The van der Waals surface area contributed by atoms with Crippen LogP contribution in [0.2, 0.25) is 0 Å². The van der Waals surface area contributed by atoms with E-state index in [0.717, 1.165) is 31.7 Å². The molecule has 102 valence electrons. The Kier molecular flexibility index (Phi) is 5.31. The molecule has 1 N–H and O–H groups in total. The van der Waals surface area contributed by atoms with Gasteiger partial charge in [-0.1, -0.05) is 25.1 Å². The van der Waals surface area contributed by atoms with Crippen molar-refractivity contribution in [1.82, 2.24) is 10.3 Å². The van der Waals surface area contributed by atoms with Gasteiger partial charge in [0.15, 0.2) is 0 Å². The minimum absolute atomic E-state index is 0.357. The van der Waals surface area contributed by atoms with Crippen LogP contribution in [0, 0.1) is 0 Å². The molecule has 1 aromatic carbocycles. The lowest BCUT2D eigenvalue weighted by molar-refractivity contribution is 0.123. The molecule has 0 radical (unpaired) electrons. The van der Waals surface area contributed by atoms with Crippen molar-refractivity contribution in [2.75, 3.05) is 19.8 Å². The van der Waals surface area contributed by atoms with E-state index >= 15 is 0 Å². The molecule has 0 saturated carbocycles. The highest BCUT2D eigenvalue weighted by Gasteiger charge is 2.10. The van der Waals surface area contributed by atoms with Crippen molar-refractivity contribution in [1.29, 1.82) is 0 Å². The van der Waals surface area contributed by atoms with E-state index in [1.807, 2.05) is 19.2 Å². The molecule has 3 nitrogen and oxygen atoms in total. The Labute approximate surface area is 115 Å². The third-order valence-corrected chi connectivity index (χ3v) is 3.22. The maximum atomic E-state index is 5.55.